The maximum Gasteiger partial charge on any atom is 0.418 e. The molecule has 1 N–H and O–H groups in total. The fraction of sp³-hybridized carbons (Fsp3) is 0.385. The molecule has 0 aliphatic carbocycles. The van der Waals surface area contributed by atoms with Crippen molar-refractivity contribution in [3.05, 3.63) is 32.7 Å². The third-order valence-electron chi connectivity index (χ3n) is 2.62. The first-order valence-corrected chi connectivity index (χ1v) is 7.44. The van der Waals surface area contributed by atoms with Crippen LogP contribution in [0.5, 0.6) is 5.75 Å². The quantitative estimate of drug-likeness (QED) is 0.701. The summed E-state index contributed by atoms with van der Waals surface area (Å²) in [5.74, 6) is 0.200. The van der Waals surface area contributed by atoms with E-state index in [4.69, 9.17) is 4.74 Å². The van der Waals surface area contributed by atoms with Gasteiger partial charge >= 0.3 is 6.18 Å². The smallest absolute Gasteiger partial charge is 0.418 e. The molecule has 1 aromatic rings. The zero-order chi connectivity index (χ0) is 15.3. The second-order valence-corrected chi connectivity index (χ2v) is 6.68. The number of ether oxygens (including phenoxy) is 1. The van der Waals surface area contributed by atoms with Gasteiger partial charge in [-0.05, 0) is 62.1 Å². The van der Waals surface area contributed by atoms with Crippen LogP contribution < -0.4 is 10.1 Å². The highest BCUT2D eigenvalue weighted by Crippen LogP contribution is 2.39. The lowest BCUT2D eigenvalue weighted by atomic mass is 10.0. The Kier molecular flexibility index (Phi) is 6.39. The van der Waals surface area contributed by atoms with Crippen LogP contribution in [0.4, 0.5) is 18.9 Å². The highest BCUT2D eigenvalue weighted by molar-refractivity contribution is 9.28. The molecule has 0 aliphatic heterocycles. The molecule has 1 aromatic carbocycles. The van der Waals surface area contributed by atoms with Crippen LogP contribution in [0.2, 0.25) is 0 Å². The fourth-order valence-electron chi connectivity index (χ4n) is 1.75. The highest BCUT2D eigenvalue weighted by Gasteiger charge is 2.35. The molecular formula is C13H14Br2F3NO. The summed E-state index contributed by atoms with van der Waals surface area (Å²) in [6, 6.07) is 2.64. The monoisotopic (exact) mass is 415 g/mol. The Balaban J connectivity index is 3.18. The van der Waals surface area contributed by atoms with E-state index in [-0.39, 0.29) is 18.0 Å². The van der Waals surface area contributed by atoms with Crippen molar-refractivity contribution in [2.75, 3.05) is 19.0 Å². The zero-order valence-corrected chi connectivity index (χ0v) is 14.1. The Labute approximate surface area is 132 Å². The van der Waals surface area contributed by atoms with Crippen molar-refractivity contribution < 1.29 is 17.9 Å². The normalized spacial score (nSPS) is 11.2. The van der Waals surface area contributed by atoms with Crippen LogP contribution in [0.1, 0.15) is 18.1 Å². The summed E-state index contributed by atoms with van der Waals surface area (Å²) < 4.78 is 45.2. The molecule has 0 fully saturated rings. The topological polar surface area (TPSA) is 21.3 Å². The fourth-order valence-corrected chi connectivity index (χ4v) is 2.02. The number of alkyl halides is 3. The van der Waals surface area contributed by atoms with Crippen molar-refractivity contribution in [2.24, 2.45) is 0 Å². The number of nitrogens with one attached hydrogen (secondary N) is 1. The third kappa shape index (κ3) is 4.70. The molecule has 0 atom stereocenters. The molecule has 0 amide bonds. The van der Waals surface area contributed by atoms with Gasteiger partial charge < -0.3 is 10.1 Å². The van der Waals surface area contributed by atoms with Gasteiger partial charge in [-0.1, -0.05) is 6.92 Å². The molecule has 0 bridgehead atoms. The van der Waals surface area contributed by atoms with Gasteiger partial charge in [0, 0.05) is 12.7 Å². The molecule has 0 unspecified atom stereocenters. The maximum atomic E-state index is 13.1. The van der Waals surface area contributed by atoms with E-state index in [1.54, 1.807) is 19.1 Å². The zero-order valence-electron chi connectivity index (χ0n) is 10.9. The molecule has 0 spiro atoms. The summed E-state index contributed by atoms with van der Waals surface area (Å²) in [6.07, 6.45) is -2.28. The number of aryl methyl sites for hydroxylation is 1. The van der Waals surface area contributed by atoms with E-state index in [0.717, 1.165) is 6.07 Å². The summed E-state index contributed by atoms with van der Waals surface area (Å²) in [5, 5.41) is 2.62. The van der Waals surface area contributed by atoms with Crippen molar-refractivity contribution in [1.29, 1.82) is 0 Å². The van der Waals surface area contributed by atoms with E-state index in [1.807, 2.05) is 0 Å². The summed E-state index contributed by atoms with van der Waals surface area (Å²) in [7, 11) is 1.48. The van der Waals surface area contributed by atoms with Gasteiger partial charge in [0.15, 0.2) is 0 Å². The SMILES string of the molecule is CCc1cc(OCC=C(Br)Br)cc(C(F)(F)F)c1NC. The molecule has 20 heavy (non-hydrogen) atoms. The second-order valence-electron chi connectivity index (χ2n) is 3.91. The number of halogens is 5. The lowest BCUT2D eigenvalue weighted by Crippen LogP contribution is -2.11. The molecule has 7 heteroatoms. The first-order chi connectivity index (χ1) is 9.29. The van der Waals surface area contributed by atoms with Crippen LogP contribution in [0.15, 0.2) is 21.6 Å². The van der Waals surface area contributed by atoms with Gasteiger partial charge in [0.1, 0.15) is 12.4 Å². The minimum absolute atomic E-state index is 0.101. The van der Waals surface area contributed by atoms with Crippen LogP contribution in [-0.2, 0) is 12.6 Å². The van der Waals surface area contributed by atoms with E-state index in [2.05, 4.69) is 37.2 Å². The lowest BCUT2D eigenvalue weighted by Gasteiger charge is -2.18. The Morgan fingerprint density at radius 3 is 2.45 bits per heavy atom. The van der Waals surface area contributed by atoms with Crippen LogP contribution >= 0.6 is 31.9 Å². The summed E-state index contributed by atoms with van der Waals surface area (Å²) in [4.78, 5) is 0. The van der Waals surface area contributed by atoms with Gasteiger partial charge in [-0.25, -0.2) is 0 Å². The summed E-state index contributed by atoms with van der Waals surface area (Å²) in [5.41, 5.74) is -0.0417. The Morgan fingerprint density at radius 1 is 1.35 bits per heavy atom. The standard InChI is InChI=1S/C13H14Br2F3NO/c1-3-8-6-9(20-5-4-11(14)15)7-10(12(8)19-2)13(16,17)18/h4,6-7,19H,3,5H2,1-2H3. The van der Waals surface area contributed by atoms with E-state index in [0.29, 0.717) is 15.4 Å². The van der Waals surface area contributed by atoms with Gasteiger partial charge in [-0.3, -0.25) is 0 Å². The Morgan fingerprint density at radius 2 is 2.00 bits per heavy atom. The molecule has 0 radical (unpaired) electrons. The number of anilines is 1. The lowest BCUT2D eigenvalue weighted by molar-refractivity contribution is -0.137. The largest absolute Gasteiger partial charge is 0.489 e. The van der Waals surface area contributed by atoms with E-state index in [1.165, 1.54) is 7.05 Å². The minimum Gasteiger partial charge on any atom is -0.489 e. The molecule has 0 saturated carbocycles. The number of rotatable bonds is 5. The molecule has 0 heterocycles. The van der Waals surface area contributed by atoms with Gasteiger partial charge in [-0.15, -0.1) is 0 Å². The van der Waals surface area contributed by atoms with Crippen molar-refractivity contribution in [1.82, 2.24) is 0 Å². The number of benzene rings is 1. The summed E-state index contributed by atoms with van der Waals surface area (Å²) >= 11 is 6.31. The van der Waals surface area contributed by atoms with Crippen molar-refractivity contribution in [3.63, 3.8) is 0 Å². The highest BCUT2D eigenvalue weighted by atomic mass is 79.9. The van der Waals surface area contributed by atoms with Crippen molar-refractivity contribution in [2.45, 2.75) is 19.5 Å². The van der Waals surface area contributed by atoms with Gasteiger partial charge in [-0.2, -0.15) is 13.2 Å². The first kappa shape index (κ1) is 17.4. The van der Waals surface area contributed by atoms with Gasteiger partial charge in [0.2, 0.25) is 0 Å². The summed E-state index contributed by atoms with van der Waals surface area (Å²) in [6.45, 7) is 1.97. The molecule has 112 valence electrons. The second kappa shape index (κ2) is 7.36. The molecule has 0 saturated heterocycles. The molecule has 0 aromatic heterocycles. The number of hydrogen-bond donors (Lipinski definition) is 1. The molecule has 0 aliphatic rings. The molecule has 2 nitrogen and oxygen atoms in total. The Bertz CT molecular complexity index is 497. The van der Waals surface area contributed by atoms with E-state index < -0.39 is 11.7 Å². The van der Waals surface area contributed by atoms with Crippen LogP contribution in [0.25, 0.3) is 0 Å². The first-order valence-electron chi connectivity index (χ1n) is 5.85. The molecular weight excluding hydrogens is 403 g/mol. The Hall–Kier alpha value is -0.690. The van der Waals surface area contributed by atoms with E-state index >= 15 is 0 Å². The third-order valence-corrected chi connectivity index (χ3v) is 3.26. The predicted octanol–water partition coefficient (Wildman–Crippen LogP) is 5.32. The predicted molar refractivity (Wildman–Crippen MR) is 81.8 cm³/mol. The average Bonchev–Trinajstić information content (AvgIpc) is 2.36. The average molecular weight is 417 g/mol. The van der Waals surface area contributed by atoms with Crippen LogP contribution in [0, 0.1) is 0 Å². The van der Waals surface area contributed by atoms with Gasteiger partial charge in [0.05, 0.1) is 8.96 Å². The minimum atomic E-state index is -4.42. The maximum absolute atomic E-state index is 13.1. The number of hydrogen-bond acceptors (Lipinski definition) is 2. The van der Waals surface area contributed by atoms with Crippen molar-refractivity contribution >= 4 is 37.5 Å². The van der Waals surface area contributed by atoms with Crippen molar-refractivity contribution in [3.8, 4) is 5.75 Å². The van der Waals surface area contributed by atoms with Gasteiger partial charge in [0.25, 0.3) is 0 Å². The van der Waals surface area contributed by atoms with E-state index in [9.17, 15) is 13.2 Å². The van der Waals surface area contributed by atoms with Crippen LogP contribution in [-0.4, -0.2) is 13.7 Å². The van der Waals surface area contributed by atoms with Crippen LogP contribution in [0.3, 0.4) is 0 Å². The molecule has 1 rings (SSSR count).